The number of hydrogen-bond donors (Lipinski definition) is 0. The quantitative estimate of drug-likeness (QED) is 0.592. The number of Topliss-reactive ketones (excluding diaryl/α,β-unsaturated/α-hetero) is 1. The van der Waals surface area contributed by atoms with Gasteiger partial charge in [0.05, 0.1) is 23.5 Å². The zero-order valence-corrected chi connectivity index (χ0v) is 16.4. The van der Waals surface area contributed by atoms with Gasteiger partial charge in [-0.05, 0) is 49.7 Å². The van der Waals surface area contributed by atoms with E-state index in [1.165, 1.54) is 0 Å². The highest BCUT2D eigenvalue weighted by Crippen LogP contribution is 2.37. The Labute approximate surface area is 140 Å². The van der Waals surface area contributed by atoms with E-state index in [2.05, 4.69) is 45.9 Å². The van der Waals surface area contributed by atoms with Crippen LogP contribution in [0.2, 0.25) is 18.1 Å². The summed E-state index contributed by atoms with van der Waals surface area (Å²) in [5, 5.41) is 4.81. The molecule has 0 bridgehead atoms. The molecule has 4 nitrogen and oxygen atoms in total. The molecule has 0 saturated carbocycles. The van der Waals surface area contributed by atoms with Gasteiger partial charge < -0.3 is 4.43 Å². The Kier molecular flexibility index (Phi) is 4.83. The van der Waals surface area contributed by atoms with E-state index >= 15 is 0 Å². The molecule has 0 N–H and O–H groups in total. The molecule has 2 aromatic rings. The van der Waals surface area contributed by atoms with E-state index in [1.807, 2.05) is 22.7 Å². The molecule has 0 aliphatic heterocycles. The maximum absolute atomic E-state index is 11.9. The number of carbonyl (C=O) groups is 1. The molecule has 0 atom stereocenters. The van der Waals surface area contributed by atoms with Crippen LogP contribution in [0.5, 0.6) is 0 Å². The van der Waals surface area contributed by atoms with Gasteiger partial charge in [0.25, 0.3) is 0 Å². The van der Waals surface area contributed by atoms with Crippen molar-refractivity contribution < 1.29 is 9.22 Å². The number of carbonyl (C=O) groups excluding carboxylic acids is 1. The Morgan fingerprint density at radius 2 is 1.96 bits per heavy atom. The molecule has 0 aliphatic carbocycles. The van der Waals surface area contributed by atoms with E-state index in [1.54, 1.807) is 6.92 Å². The maximum atomic E-state index is 11.9. The fraction of sp³-hybridized carbons (Fsp3) is 0.556. The lowest BCUT2D eigenvalue weighted by Crippen LogP contribution is -2.40. The third-order valence-corrected chi connectivity index (χ3v) is 9.36. The van der Waals surface area contributed by atoms with Crippen molar-refractivity contribution in [2.24, 2.45) is 0 Å². The van der Waals surface area contributed by atoms with E-state index in [0.29, 0.717) is 12.2 Å². The molecular formula is C18H28N2O2Si. The minimum atomic E-state index is -1.82. The van der Waals surface area contributed by atoms with Gasteiger partial charge in [0, 0.05) is 5.56 Å². The van der Waals surface area contributed by atoms with Gasteiger partial charge in [-0.25, -0.2) is 4.52 Å². The number of ketones is 1. The molecule has 2 aromatic heterocycles. The van der Waals surface area contributed by atoms with Gasteiger partial charge >= 0.3 is 0 Å². The van der Waals surface area contributed by atoms with Crippen LogP contribution in [0.3, 0.4) is 0 Å². The van der Waals surface area contributed by atoms with Crippen LogP contribution in [0.1, 0.15) is 56.4 Å². The summed E-state index contributed by atoms with van der Waals surface area (Å²) >= 11 is 0. The average molecular weight is 333 g/mol. The topological polar surface area (TPSA) is 43.6 Å². The third-order valence-electron chi connectivity index (χ3n) is 4.88. The first kappa shape index (κ1) is 17.9. The van der Waals surface area contributed by atoms with Crippen molar-refractivity contribution in [3.05, 3.63) is 35.2 Å². The van der Waals surface area contributed by atoms with Crippen LogP contribution in [-0.4, -0.2) is 23.7 Å². The van der Waals surface area contributed by atoms with Gasteiger partial charge in [-0.15, -0.1) is 0 Å². The Bertz CT molecular complexity index is 726. The van der Waals surface area contributed by atoms with Crippen molar-refractivity contribution in [2.45, 2.75) is 65.8 Å². The van der Waals surface area contributed by atoms with Crippen LogP contribution in [0, 0.1) is 0 Å². The molecule has 0 radical (unpaired) electrons. The Morgan fingerprint density at radius 3 is 2.48 bits per heavy atom. The van der Waals surface area contributed by atoms with E-state index in [0.717, 1.165) is 23.3 Å². The number of nitrogens with zero attached hydrogens (tertiary/aromatic N) is 2. The largest absolute Gasteiger partial charge is 0.411 e. The summed E-state index contributed by atoms with van der Waals surface area (Å²) in [5.41, 5.74) is 3.58. The molecule has 0 unspecified atom stereocenters. The predicted octanol–water partition coefficient (Wildman–Crippen LogP) is 4.62. The van der Waals surface area contributed by atoms with E-state index in [-0.39, 0.29) is 10.8 Å². The number of aryl methyl sites for hydroxylation is 1. The van der Waals surface area contributed by atoms with Gasteiger partial charge in [0.2, 0.25) is 0 Å². The number of aromatic nitrogens is 2. The molecule has 0 fully saturated rings. The molecule has 126 valence electrons. The molecule has 0 aliphatic rings. The van der Waals surface area contributed by atoms with Crippen molar-refractivity contribution in [2.75, 3.05) is 0 Å². The summed E-state index contributed by atoms with van der Waals surface area (Å²) < 4.78 is 8.20. The van der Waals surface area contributed by atoms with Gasteiger partial charge in [0.15, 0.2) is 14.1 Å². The fourth-order valence-corrected chi connectivity index (χ4v) is 3.17. The maximum Gasteiger partial charge on any atom is 0.192 e. The van der Waals surface area contributed by atoms with Crippen molar-refractivity contribution in [1.82, 2.24) is 9.61 Å². The van der Waals surface area contributed by atoms with Gasteiger partial charge in [-0.3, -0.25) is 4.79 Å². The summed E-state index contributed by atoms with van der Waals surface area (Å²) in [6, 6.07) is 5.86. The van der Waals surface area contributed by atoms with Crippen LogP contribution < -0.4 is 0 Å². The standard InChI is InChI=1S/C18H28N2O2Si/c1-8-14-11-17-16(13(2)21)10-9-15(20(17)19-14)12-22-23(6,7)18(3,4)5/h9-11H,8,12H2,1-7H3. The first-order chi connectivity index (χ1) is 10.6. The minimum Gasteiger partial charge on any atom is -0.411 e. The summed E-state index contributed by atoms with van der Waals surface area (Å²) in [6.07, 6.45) is 0.849. The fourth-order valence-electron chi connectivity index (χ4n) is 2.23. The number of rotatable bonds is 5. The second-order valence-electron chi connectivity index (χ2n) is 7.63. The van der Waals surface area contributed by atoms with Gasteiger partial charge in [0.1, 0.15) is 0 Å². The normalized spacial score (nSPS) is 12.8. The van der Waals surface area contributed by atoms with Crippen molar-refractivity contribution in [3.63, 3.8) is 0 Å². The Balaban J connectivity index is 2.41. The molecule has 0 aromatic carbocycles. The SMILES string of the molecule is CCc1cc2c(C(C)=O)ccc(CO[Si](C)(C)C(C)(C)C)n2n1. The van der Waals surface area contributed by atoms with E-state index < -0.39 is 8.32 Å². The number of hydrogen-bond acceptors (Lipinski definition) is 3. The lowest BCUT2D eigenvalue weighted by atomic mass is 10.1. The molecule has 0 saturated heterocycles. The molecule has 23 heavy (non-hydrogen) atoms. The third kappa shape index (κ3) is 3.56. The Morgan fingerprint density at radius 1 is 1.30 bits per heavy atom. The van der Waals surface area contributed by atoms with Crippen LogP contribution in [0.25, 0.3) is 5.52 Å². The number of pyridine rings is 1. The molecule has 0 spiro atoms. The second kappa shape index (κ2) is 6.21. The van der Waals surface area contributed by atoms with Crippen molar-refractivity contribution in [3.8, 4) is 0 Å². The minimum absolute atomic E-state index is 0.0643. The second-order valence-corrected chi connectivity index (χ2v) is 12.4. The molecular weight excluding hydrogens is 304 g/mol. The van der Waals surface area contributed by atoms with E-state index in [4.69, 9.17) is 4.43 Å². The number of fused-ring (bicyclic) bond motifs is 1. The first-order valence-corrected chi connectivity index (χ1v) is 11.1. The van der Waals surface area contributed by atoms with Crippen LogP contribution in [0.4, 0.5) is 0 Å². The van der Waals surface area contributed by atoms with Crippen molar-refractivity contribution in [1.29, 1.82) is 0 Å². The lowest BCUT2D eigenvalue weighted by molar-refractivity contribution is 0.101. The summed E-state index contributed by atoms with van der Waals surface area (Å²) in [7, 11) is -1.82. The summed E-state index contributed by atoms with van der Waals surface area (Å²) in [5.74, 6) is 0.0643. The average Bonchev–Trinajstić information content (AvgIpc) is 2.87. The van der Waals surface area contributed by atoms with Crippen LogP contribution in [-0.2, 0) is 17.5 Å². The molecule has 0 amide bonds. The summed E-state index contributed by atoms with van der Waals surface area (Å²) in [4.78, 5) is 11.9. The van der Waals surface area contributed by atoms with Crippen LogP contribution in [0.15, 0.2) is 18.2 Å². The Hall–Kier alpha value is -1.46. The lowest BCUT2D eigenvalue weighted by Gasteiger charge is -2.36. The van der Waals surface area contributed by atoms with Crippen molar-refractivity contribution >= 4 is 19.6 Å². The predicted molar refractivity (Wildman–Crippen MR) is 96.6 cm³/mol. The highest BCUT2D eigenvalue weighted by molar-refractivity contribution is 6.74. The zero-order valence-electron chi connectivity index (χ0n) is 15.4. The highest BCUT2D eigenvalue weighted by atomic mass is 28.4. The zero-order chi connectivity index (χ0) is 17.4. The summed E-state index contributed by atoms with van der Waals surface area (Å²) in [6.45, 7) is 15.4. The smallest absolute Gasteiger partial charge is 0.192 e. The molecule has 2 rings (SSSR count). The molecule has 2 heterocycles. The van der Waals surface area contributed by atoms with Gasteiger partial charge in [-0.2, -0.15) is 5.10 Å². The van der Waals surface area contributed by atoms with Crippen LogP contribution >= 0.6 is 0 Å². The molecule has 5 heteroatoms. The van der Waals surface area contributed by atoms with E-state index in [9.17, 15) is 4.79 Å². The monoisotopic (exact) mass is 332 g/mol. The van der Waals surface area contributed by atoms with Gasteiger partial charge in [-0.1, -0.05) is 27.7 Å². The first-order valence-electron chi connectivity index (χ1n) is 8.22. The highest BCUT2D eigenvalue weighted by Gasteiger charge is 2.37.